The van der Waals surface area contributed by atoms with Gasteiger partial charge in [-0.05, 0) is 30.3 Å². The van der Waals surface area contributed by atoms with Crippen LogP contribution in [0, 0.1) is 0 Å². The van der Waals surface area contributed by atoms with E-state index < -0.39 is 0 Å². The van der Waals surface area contributed by atoms with Crippen LogP contribution in [0.15, 0.2) is 77.4 Å². The lowest BCUT2D eigenvalue weighted by atomic mass is 10.1. The minimum absolute atomic E-state index is 0.0350. The molecule has 1 fully saturated rings. The average molecular weight is 384 g/mol. The van der Waals surface area contributed by atoms with E-state index in [1.165, 1.54) is 0 Å². The Morgan fingerprint density at radius 1 is 0.897 bits per heavy atom. The number of rotatable bonds is 3. The van der Waals surface area contributed by atoms with Gasteiger partial charge in [-0.3, -0.25) is 4.79 Å². The third-order valence-electron chi connectivity index (χ3n) is 5.30. The lowest BCUT2D eigenvalue weighted by Crippen LogP contribution is -2.49. The smallest absolute Gasteiger partial charge is 0.254 e. The molecule has 0 spiro atoms. The normalized spacial score (nSPS) is 14.3. The number of nitrogens with zero attached hydrogens (tertiary/aromatic N) is 4. The molecule has 1 aliphatic heterocycles. The lowest BCUT2D eigenvalue weighted by molar-refractivity contribution is 0.0746. The van der Waals surface area contributed by atoms with E-state index in [4.69, 9.17) is 4.52 Å². The van der Waals surface area contributed by atoms with Gasteiger partial charge in [0.1, 0.15) is 11.3 Å². The summed E-state index contributed by atoms with van der Waals surface area (Å²) in [5, 5.41) is 4.99. The summed E-state index contributed by atoms with van der Waals surface area (Å²) in [5.74, 6) is 1.68. The number of hydrogen-bond acceptors (Lipinski definition) is 5. The Labute approximate surface area is 168 Å². The highest BCUT2D eigenvalue weighted by atomic mass is 16.5. The number of pyridine rings is 1. The Kier molecular flexibility index (Phi) is 4.44. The van der Waals surface area contributed by atoms with Crippen molar-refractivity contribution in [3.8, 4) is 11.3 Å². The molecule has 3 heterocycles. The third kappa shape index (κ3) is 3.33. The van der Waals surface area contributed by atoms with E-state index in [0.29, 0.717) is 24.4 Å². The average Bonchev–Trinajstić information content (AvgIpc) is 3.23. The molecule has 29 heavy (non-hydrogen) atoms. The molecule has 4 aromatic rings. The third-order valence-corrected chi connectivity index (χ3v) is 5.30. The Bertz CT molecular complexity index is 1130. The number of carbonyl (C=O) groups excluding carboxylic acids is 1. The summed E-state index contributed by atoms with van der Waals surface area (Å²) in [6.07, 6.45) is 1.80. The largest absolute Gasteiger partial charge is 0.355 e. The fraction of sp³-hybridized carbons (Fsp3) is 0.174. The van der Waals surface area contributed by atoms with E-state index >= 15 is 0 Å². The van der Waals surface area contributed by atoms with Crippen molar-refractivity contribution in [2.24, 2.45) is 0 Å². The predicted molar refractivity (Wildman–Crippen MR) is 112 cm³/mol. The van der Waals surface area contributed by atoms with Crippen molar-refractivity contribution >= 4 is 22.6 Å². The van der Waals surface area contributed by atoms with Crippen LogP contribution < -0.4 is 4.90 Å². The van der Waals surface area contributed by atoms with Gasteiger partial charge in [-0.15, -0.1) is 0 Å². The highest BCUT2D eigenvalue weighted by Crippen LogP contribution is 2.29. The van der Waals surface area contributed by atoms with Crippen molar-refractivity contribution in [1.82, 2.24) is 15.0 Å². The summed E-state index contributed by atoms with van der Waals surface area (Å²) in [7, 11) is 0. The Balaban J connectivity index is 1.36. The first-order chi connectivity index (χ1) is 14.3. The van der Waals surface area contributed by atoms with E-state index in [-0.39, 0.29) is 5.91 Å². The summed E-state index contributed by atoms with van der Waals surface area (Å²) in [5.41, 5.74) is 2.35. The molecular weight excluding hydrogens is 364 g/mol. The first-order valence-electron chi connectivity index (χ1n) is 9.70. The summed E-state index contributed by atoms with van der Waals surface area (Å²) < 4.78 is 5.56. The van der Waals surface area contributed by atoms with Gasteiger partial charge in [-0.2, -0.15) is 0 Å². The molecule has 1 saturated heterocycles. The molecular formula is C23H20N4O2. The topological polar surface area (TPSA) is 62.5 Å². The molecule has 2 aromatic heterocycles. The molecule has 6 heteroatoms. The van der Waals surface area contributed by atoms with Gasteiger partial charge >= 0.3 is 0 Å². The van der Waals surface area contributed by atoms with E-state index in [0.717, 1.165) is 35.4 Å². The van der Waals surface area contributed by atoms with Crippen molar-refractivity contribution in [1.29, 1.82) is 0 Å². The SMILES string of the molecule is O=C(c1ccc2noc(-c3ccccc3)c2c1)N1CCN(c2ccccn2)CC1. The van der Waals surface area contributed by atoms with Crippen LogP contribution in [0.5, 0.6) is 0 Å². The molecule has 5 rings (SSSR count). The maximum Gasteiger partial charge on any atom is 0.254 e. The number of piperazine rings is 1. The van der Waals surface area contributed by atoms with Crippen molar-refractivity contribution in [3.63, 3.8) is 0 Å². The number of carbonyl (C=O) groups is 1. The quantitative estimate of drug-likeness (QED) is 0.537. The highest BCUT2D eigenvalue weighted by Gasteiger charge is 2.23. The second-order valence-corrected chi connectivity index (χ2v) is 7.08. The summed E-state index contributed by atoms with van der Waals surface area (Å²) in [6, 6.07) is 21.3. The van der Waals surface area contributed by atoms with Crippen LogP contribution in [-0.4, -0.2) is 47.1 Å². The molecule has 0 aliphatic carbocycles. The lowest BCUT2D eigenvalue weighted by Gasteiger charge is -2.35. The maximum atomic E-state index is 13.1. The number of amides is 1. The number of fused-ring (bicyclic) bond motifs is 1. The predicted octanol–water partition coefficient (Wildman–Crippen LogP) is 3.85. The van der Waals surface area contributed by atoms with E-state index in [2.05, 4.69) is 15.0 Å². The number of hydrogen-bond donors (Lipinski definition) is 0. The van der Waals surface area contributed by atoms with Crippen molar-refractivity contribution < 1.29 is 9.32 Å². The summed E-state index contributed by atoms with van der Waals surface area (Å²) >= 11 is 0. The molecule has 144 valence electrons. The van der Waals surface area contributed by atoms with Crippen LogP contribution in [0.1, 0.15) is 10.4 Å². The zero-order chi connectivity index (χ0) is 19.6. The summed E-state index contributed by atoms with van der Waals surface area (Å²) in [4.78, 5) is 21.6. The standard InChI is InChI=1S/C23H20N4O2/c28-23(27-14-12-26(13-15-27)21-8-4-5-11-24-21)18-9-10-20-19(16-18)22(29-25-20)17-6-2-1-3-7-17/h1-11,16H,12-15H2. The number of aromatic nitrogens is 2. The van der Waals surface area contributed by atoms with E-state index in [1.807, 2.05) is 71.6 Å². The molecule has 2 aromatic carbocycles. The summed E-state index contributed by atoms with van der Waals surface area (Å²) in [6.45, 7) is 2.88. The molecule has 0 saturated carbocycles. The van der Waals surface area contributed by atoms with Gasteiger partial charge in [0.25, 0.3) is 5.91 Å². The molecule has 0 atom stereocenters. The molecule has 1 aliphatic rings. The second-order valence-electron chi connectivity index (χ2n) is 7.08. The molecule has 0 unspecified atom stereocenters. The van der Waals surface area contributed by atoms with Crippen LogP contribution in [0.2, 0.25) is 0 Å². The zero-order valence-corrected chi connectivity index (χ0v) is 15.9. The van der Waals surface area contributed by atoms with Crippen molar-refractivity contribution in [2.45, 2.75) is 0 Å². The van der Waals surface area contributed by atoms with Crippen LogP contribution in [0.4, 0.5) is 5.82 Å². The van der Waals surface area contributed by atoms with Gasteiger partial charge in [0, 0.05) is 43.5 Å². The fourth-order valence-electron chi connectivity index (χ4n) is 3.73. The first kappa shape index (κ1) is 17.4. The van der Waals surface area contributed by atoms with Crippen LogP contribution >= 0.6 is 0 Å². The molecule has 0 bridgehead atoms. The molecule has 1 amide bonds. The number of anilines is 1. The Hall–Kier alpha value is -3.67. The minimum atomic E-state index is 0.0350. The molecule has 0 radical (unpaired) electrons. The van der Waals surface area contributed by atoms with Gasteiger partial charge < -0.3 is 14.3 Å². The Morgan fingerprint density at radius 2 is 1.69 bits per heavy atom. The first-order valence-corrected chi connectivity index (χ1v) is 9.70. The fourth-order valence-corrected chi connectivity index (χ4v) is 3.73. The van der Waals surface area contributed by atoms with Crippen LogP contribution in [-0.2, 0) is 0 Å². The second kappa shape index (κ2) is 7.39. The monoisotopic (exact) mass is 384 g/mol. The molecule has 6 nitrogen and oxygen atoms in total. The van der Waals surface area contributed by atoms with Gasteiger partial charge in [0.2, 0.25) is 0 Å². The molecule has 0 N–H and O–H groups in total. The zero-order valence-electron chi connectivity index (χ0n) is 15.9. The van der Waals surface area contributed by atoms with Crippen LogP contribution in [0.25, 0.3) is 22.2 Å². The van der Waals surface area contributed by atoms with Gasteiger partial charge in [-0.25, -0.2) is 4.98 Å². The van der Waals surface area contributed by atoms with E-state index in [9.17, 15) is 4.79 Å². The van der Waals surface area contributed by atoms with E-state index in [1.54, 1.807) is 6.20 Å². The van der Waals surface area contributed by atoms with Gasteiger partial charge in [0.15, 0.2) is 5.76 Å². The van der Waals surface area contributed by atoms with Gasteiger partial charge in [-0.1, -0.05) is 41.6 Å². The Morgan fingerprint density at radius 3 is 2.45 bits per heavy atom. The number of benzene rings is 2. The van der Waals surface area contributed by atoms with Crippen LogP contribution in [0.3, 0.4) is 0 Å². The van der Waals surface area contributed by atoms with Gasteiger partial charge in [0.05, 0.1) is 5.39 Å². The highest BCUT2D eigenvalue weighted by molar-refractivity contribution is 6.01. The van der Waals surface area contributed by atoms with Crippen molar-refractivity contribution in [3.05, 3.63) is 78.5 Å². The maximum absolute atomic E-state index is 13.1. The van der Waals surface area contributed by atoms with Crippen molar-refractivity contribution in [2.75, 3.05) is 31.1 Å². The minimum Gasteiger partial charge on any atom is -0.355 e.